The maximum Gasteiger partial charge on any atom is 0.338 e. The van der Waals surface area contributed by atoms with Crippen LogP contribution in [0.15, 0.2) is 16.7 Å². The van der Waals surface area contributed by atoms with Gasteiger partial charge >= 0.3 is 5.97 Å². The van der Waals surface area contributed by atoms with Gasteiger partial charge in [-0.1, -0.05) is 0 Å². The summed E-state index contributed by atoms with van der Waals surface area (Å²) >= 11 is 0. The van der Waals surface area contributed by atoms with E-state index >= 15 is 0 Å². The lowest BCUT2D eigenvalue weighted by Crippen LogP contribution is -1.93. The Hall–Kier alpha value is -1.10. The number of rotatable bonds is 3. The van der Waals surface area contributed by atoms with Gasteiger partial charge in [0.05, 0.1) is 11.3 Å². The van der Waals surface area contributed by atoms with E-state index < -0.39 is 16.8 Å². The average Bonchev–Trinajstić information content (AvgIpc) is 2.34. The van der Waals surface area contributed by atoms with Crippen LogP contribution < -0.4 is 0 Å². The Labute approximate surface area is 71.7 Å². The maximum atomic E-state index is 10.7. The molecule has 12 heavy (non-hydrogen) atoms. The van der Waals surface area contributed by atoms with Gasteiger partial charge in [-0.05, 0) is 6.07 Å². The third-order valence-electron chi connectivity index (χ3n) is 1.25. The second-order valence-corrected chi connectivity index (χ2v) is 3.76. The van der Waals surface area contributed by atoms with Gasteiger partial charge in [-0.3, -0.25) is 4.21 Å². The van der Waals surface area contributed by atoms with Gasteiger partial charge in [0, 0.05) is 17.1 Å². The minimum Gasteiger partial charge on any atom is -0.478 e. The van der Waals surface area contributed by atoms with Crippen LogP contribution in [0.3, 0.4) is 0 Å². The molecule has 0 saturated heterocycles. The fraction of sp³-hybridized carbons (Fsp3) is 0.286. The van der Waals surface area contributed by atoms with Crippen LogP contribution in [0.25, 0.3) is 0 Å². The molecule has 1 unspecified atom stereocenters. The monoisotopic (exact) mass is 188 g/mol. The van der Waals surface area contributed by atoms with E-state index in [1.165, 1.54) is 12.3 Å². The first kappa shape index (κ1) is 8.99. The highest BCUT2D eigenvalue weighted by Gasteiger charge is 2.08. The largest absolute Gasteiger partial charge is 0.478 e. The molecule has 1 aromatic heterocycles. The van der Waals surface area contributed by atoms with Crippen molar-refractivity contribution >= 4 is 16.8 Å². The van der Waals surface area contributed by atoms with Crippen LogP contribution >= 0.6 is 0 Å². The fourth-order valence-electron chi connectivity index (χ4n) is 0.769. The molecule has 1 N–H and O–H groups in total. The molecule has 0 fully saturated rings. The Bertz CT molecular complexity index is 315. The lowest BCUT2D eigenvalue weighted by atomic mass is 10.3. The van der Waals surface area contributed by atoms with Crippen LogP contribution in [0.4, 0.5) is 0 Å². The van der Waals surface area contributed by atoms with Crippen LogP contribution in [0.1, 0.15) is 16.1 Å². The Morgan fingerprint density at radius 3 is 2.83 bits per heavy atom. The van der Waals surface area contributed by atoms with Crippen LogP contribution in [-0.2, 0) is 16.6 Å². The molecule has 4 nitrogen and oxygen atoms in total. The topological polar surface area (TPSA) is 67.5 Å². The van der Waals surface area contributed by atoms with Gasteiger partial charge in [0.2, 0.25) is 0 Å². The quantitative estimate of drug-likeness (QED) is 0.763. The van der Waals surface area contributed by atoms with Crippen molar-refractivity contribution in [2.24, 2.45) is 0 Å². The first-order valence-corrected chi connectivity index (χ1v) is 4.93. The third-order valence-corrected chi connectivity index (χ3v) is 1.94. The number of furan rings is 1. The summed E-state index contributed by atoms with van der Waals surface area (Å²) in [7, 11) is -1.00. The number of aromatic carboxylic acids is 1. The summed E-state index contributed by atoms with van der Waals surface area (Å²) in [4.78, 5) is 10.4. The summed E-state index contributed by atoms with van der Waals surface area (Å²) in [6.45, 7) is 0. The van der Waals surface area contributed by atoms with Gasteiger partial charge in [-0.2, -0.15) is 0 Å². The molecule has 1 aromatic rings. The van der Waals surface area contributed by atoms with Crippen molar-refractivity contribution in [2.45, 2.75) is 5.75 Å². The van der Waals surface area contributed by atoms with Crippen molar-refractivity contribution in [3.8, 4) is 0 Å². The minimum absolute atomic E-state index is 0.0930. The van der Waals surface area contributed by atoms with Crippen molar-refractivity contribution in [1.82, 2.24) is 0 Å². The van der Waals surface area contributed by atoms with Crippen molar-refractivity contribution < 1.29 is 18.5 Å². The normalized spacial score (nSPS) is 12.8. The molecule has 0 bridgehead atoms. The SMILES string of the molecule is CS(=O)Cc1cc(C(=O)O)co1. The summed E-state index contributed by atoms with van der Waals surface area (Å²) in [5.41, 5.74) is 0.0930. The predicted molar refractivity (Wildman–Crippen MR) is 43.4 cm³/mol. The first-order valence-electron chi connectivity index (χ1n) is 3.20. The molecule has 0 amide bonds. The number of hydrogen-bond donors (Lipinski definition) is 1. The number of carbonyl (C=O) groups is 1. The Kier molecular flexibility index (Phi) is 2.65. The summed E-state index contributed by atoms with van der Waals surface area (Å²) in [5, 5.41) is 8.50. The first-order chi connectivity index (χ1) is 5.59. The zero-order chi connectivity index (χ0) is 9.14. The molecule has 0 aromatic carbocycles. The van der Waals surface area contributed by atoms with E-state index in [1.807, 2.05) is 0 Å². The lowest BCUT2D eigenvalue weighted by Gasteiger charge is -1.87. The molecule has 0 aliphatic heterocycles. The number of carboxylic acid groups (broad SMARTS) is 1. The highest BCUT2D eigenvalue weighted by atomic mass is 32.2. The van der Waals surface area contributed by atoms with Crippen molar-refractivity contribution in [2.75, 3.05) is 6.26 Å². The van der Waals surface area contributed by atoms with E-state index in [1.54, 1.807) is 0 Å². The van der Waals surface area contributed by atoms with Gasteiger partial charge in [-0.15, -0.1) is 0 Å². The second-order valence-electron chi connectivity index (χ2n) is 2.32. The van der Waals surface area contributed by atoms with E-state index in [9.17, 15) is 9.00 Å². The Morgan fingerprint density at radius 1 is 1.75 bits per heavy atom. The molecule has 0 aliphatic rings. The molecule has 1 heterocycles. The maximum absolute atomic E-state index is 10.7. The summed E-state index contributed by atoms with van der Waals surface area (Å²) in [5.74, 6) is -0.340. The van der Waals surface area contributed by atoms with Gasteiger partial charge < -0.3 is 9.52 Å². The van der Waals surface area contributed by atoms with E-state index in [2.05, 4.69) is 0 Å². The summed E-state index contributed by atoms with van der Waals surface area (Å²) < 4.78 is 15.6. The van der Waals surface area contributed by atoms with Crippen molar-refractivity contribution in [3.63, 3.8) is 0 Å². The number of hydrogen-bond acceptors (Lipinski definition) is 3. The standard InChI is InChI=1S/C7H8O4S/c1-12(10)4-6-2-5(3-11-6)7(8)9/h2-3H,4H2,1H3,(H,8,9). The van der Waals surface area contributed by atoms with Gasteiger partial charge in [-0.25, -0.2) is 4.79 Å². The Morgan fingerprint density at radius 2 is 2.42 bits per heavy atom. The molecule has 0 saturated carbocycles. The van der Waals surface area contributed by atoms with E-state index in [-0.39, 0.29) is 11.3 Å². The van der Waals surface area contributed by atoms with Crippen LogP contribution in [-0.4, -0.2) is 21.5 Å². The van der Waals surface area contributed by atoms with Crippen molar-refractivity contribution in [1.29, 1.82) is 0 Å². The van der Waals surface area contributed by atoms with Crippen LogP contribution in [0.5, 0.6) is 0 Å². The van der Waals surface area contributed by atoms with Gasteiger partial charge in [0.25, 0.3) is 0 Å². The van der Waals surface area contributed by atoms with Gasteiger partial charge in [0.15, 0.2) is 0 Å². The lowest BCUT2D eigenvalue weighted by molar-refractivity contribution is 0.0696. The smallest absolute Gasteiger partial charge is 0.338 e. The van der Waals surface area contributed by atoms with Crippen LogP contribution in [0, 0.1) is 0 Å². The molecule has 0 aliphatic carbocycles. The van der Waals surface area contributed by atoms with Crippen LogP contribution in [0.2, 0.25) is 0 Å². The zero-order valence-corrected chi connectivity index (χ0v) is 7.26. The van der Waals surface area contributed by atoms with Gasteiger partial charge in [0.1, 0.15) is 12.0 Å². The van der Waals surface area contributed by atoms with E-state index in [0.717, 1.165) is 6.26 Å². The van der Waals surface area contributed by atoms with E-state index in [4.69, 9.17) is 9.52 Å². The predicted octanol–water partition coefficient (Wildman–Crippen LogP) is 0.856. The molecule has 1 atom stereocenters. The van der Waals surface area contributed by atoms with E-state index in [0.29, 0.717) is 5.76 Å². The molecule has 1 rings (SSSR count). The molecule has 0 spiro atoms. The highest BCUT2D eigenvalue weighted by molar-refractivity contribution is 7.83. The third kappa shape index (κ3) is 2.20. The minimum atomic E-state index is -1.04. The fourth-order valence-corrected chi connectivity index (χ4v) is 1.32. The molecule has 0 radical (unpaired) electrons. The summed E-state index contributed by atoms with van der Waals surface area (Å²) in [6.07, 6.45) is 2.67. The molecular weight excluding hydrogens is 180 g/mol. The van der Waals surface area contributed by atoms with Crippen molar-refractivity contribution in [3.05, 3.63) is 23.7 Å². The molecule has 5 heteroatoms. The number of carboxylic acids is 1. The summed E-state index contributed by atoms with van der Waals surface area (Å²) in [6, 6.07) is 1.38. The zero-order valence-electron chi connectivity index (χ0n) is 6.44. The molecule has 66 valence electrons. The second kappa shape index (κ2) is 3.53. The molecular formula is C7H8O4S. The Balaban J connectivity index is 2.77. The highest BCUT2D eigenvalue weighted by Crippen LogP contribution is 2.09. The average molecular weight is 188 g/mol.